The molecule has 1 saturated carbocycles. The van der Waals surface area contributed by atoms with E-state index < -0.39 is 11.6 Å². The lowest BCUT2D eigenvalue weighted by molar-refractivity contribution is -0.128. The van der Waals surface area contributed by atoms with Gasteiger partial charge >= 0.3 is 0 Å². The molecule has 2 rings (SSSR count). The highest BCUT2D eigenvalue weighted by Gasteiger charge is 2.35. The zero-order valence-corrected chi connectivity index (χ0v) is 16.0. The first kappa shape index (κ1) is 20.2. The molecule has 2 N–H and O–H groups in total. The number of nitrogens with zero attached hydrogens (tertiary/aromatic N) is 2. The first-order valence-electron chi connectivity index (χ1n) is 8.84. The minimum Gasteiger partial charge on any atom is -0.336 e. The molecule has 0 bridgehead atoms. The molecule has 0 spiro atoms. The zero-order chi connectivity index (χ0) is 19.2. The van der Waals surface area contributed by atoms with E-state index in [4.69, 9.17) is 11.6 Å². The average molecular weight is 377 g/mol. The number of carbonyl (C=O) groups is 2. The number of likely N-dealkylation sites (N-methyl/N-ethyl adjacent to an activating group) is 1. The maximum absolute atomic E-state index is 12.5. The summed E-state index contributed by atoms with van der Waals surface area (Å²) in [6.07, 6.45) is 4.36. The summed E-state index contributed by atoms with van der Waals surface area (Å²) < 4.78 is 0. The molecule has 2 amide bonds. The third-order valence-corrected chi connectivity index (χ3v) is 5.10. The van der Waals surface area contributed by atoms with Gasteiger partial charge in [0.25, 0.3) is 0 Å². The number of rotatable bonds is 6. The highest BCUT2D eigenvalue weighted by molar-refractivity contribution is 6.30. The van der Waals surface area contributed by atoms with Crippen LogP contribution in [0.3, 0.4) is 0 Å². The van der Waals surface area contributed by atoms with Gasteiger partial charge in [0.2, 0.25) is 11.8 Å². The third-order valence-electron chi connectivity index (χ3n) is 4.85. The molecule has 1 aliphatic carbocycles. The van der Waals surface area contributed by atoms with E-state index in [1.165, 1.54) is 0 Å². The number of halogens is 1. The van der Waals surface area contributed by atoms with Crippen LogP contribution in [0.5, 0.6) is 0 Å². The molecule has 1 aliphatic rings. The normalized spacial score (nSPS) is 17.2. The molecule has 0 radical (unpaired) electrons. The Morgan fingerprint density at radius 2 is 1.88 bits per heavy atom. The molecule has 1 atom stereocenters. The van der Waals surface area contributed by atoms with E-state index >= 15 is 0 Å². The minimum absolute atomic E-state index is 0.0662. The summed E-state index contributed by atoms with van der Waals surface area (Å²) in [6.45, 7) is 1.80. The van der Waals surface area contributed by atoms with E-state index in [0.29, 0.717) is 23.6 Å². The van der Waals surface area contributed by atoms with Crippen LogP contribution in [-0.4, -0.2) is 41.9 Å². The Bertz CT molecular complexity index is 678. The van der Waals surface area contributed by atoms with Crippen molar-refractivity contribution < 1.29 is 9.59 Å². The van der Waals surface area contributed by atoms with Crippen molar-refractivity contribution in [2.75, 3.05) is 18.9 Å². The van der Waals surface area contributed by atoms with Gasteiger partial charge in [0.05, 0.1) is 18.7 Å². The Hall–Kier alpha value is -2.10. The number of carbonyl (C=O) groups excluding carboxylic acids is 2. The summed E-state index contributed by atoms with van der Waals surface area (Å²) in [4.78, 5) is 26.4. The number of hydrogen-bond acceptors (Lipinski definition) is 4. The number of nitriles is 1. The smallest absolute Gasteiger partial charge is 0.238 e. The highest BCUT2D eigenvalue weighted by atomic mass is 35.5. The van der Waals surface area contributed by atoms with Crippen LogP contribution in [0.4, 0.5) is 5.69 Å². The Kier molecular flexibility index (Phi) is 7.01. The average Bonchev–Trinajstić information content (AvgIpc) is 2.63. The second-order valence-electron chi connectivity index (χ2n) is 6.89. The first-order valence-corrected chi connectivity index (χ1v) is 9.22. The molecule has 1 aromatic rings. The van der Waals surface area contributed by atoms with Gasteiger partial charge in [-0.25, -0.2) is 0 Å². The van der Waals surface area contributed by atoms with E-state index in [9.17, 15) is 14.9 Å². The van der Waals surface area contributed by atoms with E-state index in [1.54, 1.807) is 43.1 Å². The molecule has 7 heteroatoms. The molecule has 1 fully saturated rings. The standard InChI is InChI=1S/C19H25ClN4O2/c1-14(18(26)23-19(13-21)10-4-3-5-11-19)24(2)12-17(25)22-16-8-6-15(20)7-9-16/h6-9,14H,3-5,10-12H2,1-2H3,(H,22,25)(H,23,26)/t14-/m0/s1. The van der Waals surface area contributed by atoms with Crippen molar-refractivity contribution in [3.63, 3.8) is 0 Å². The maximum atomic E-state index is 12.5. The summed E-state index contributed by atoms with van der Waals surface area (Å²) in [5.74, 6) is -0.447. The summed E-state index contributed by atoms with van der Waals surface area (Å²) in [7, 11) is 1.71. The van der Waals surface area contributed by atoms with E-state index in [1.807, 2.05) is 0 Å². The molecule has 0 heterocycles. The van der Waals surface area contributed by atoms with Crippen molar-refractivity contribution in [3.05, 3.63) is 29.3 Å². The topological polar surface area (TPSA) is 85.2 Å². The highest BCUT2D eigenvalue weighted by Crippen LogP contribution is 2.27. The van der Waals surface area contributed by atoms with Crippen molar-refractivity contribution in [2.45, 2.75) is 50.6 Å². The quantitative estimate of drug-likeness (QED) is 0.799. The molecule has 0 aliphatic heterocycles. The number of nitrogens with one attached hydrogen (secondary N) is 2. The Morgan fingerprint density at radius 1 is 1.27 bits per heavy atom. The molecule has 0 saturated heterocycles. The largest absolute Gasteiger partial charge is 0.336 e. The van der Waals surface area contributed by atoms with Crippen molar-refractivity contribution >= 4 is 29.1 Å². The van der Waals surface area contributed by atoms with Crippen molar-refractivity contribution in [1.82, 2.24) is 10.2 Å². The van der Waals surface area contributed by atoms with Gasteiger partial charge < -0.3 is 10.6 Å². The lowest BCUT2D eigenvalue weighted by atomic mass is 9.82. The van der Waals surface area contributed by atoms with E-state index in [0.717, 1.165) is 19.3 Å². The Morgan fingerprint density at radius 3 is 2.46 bits per heavy atom. The molecule has 26 heavy (non-hydrogen) atoms. The number of anilines is 1. The summed E-state index contributed by atoms with van der Waals surface area (Å²) in [5.41, 5.74) is -0.119. The molecule has 140 valence electrons. The monoisotopic (exact) mass is 376 g/mol. The predicted octanol–water partition coefficient (Wildman–Crippen LogP) is 2.94. The van der Waals surface area contributed by atoms with Crippen molar-refractivity contribution in [2.24, 2.45) is 0 Å². The van der Waals surface area contributed by atoms with E-state index in [-0.39, 0.29) is 18.4 Å². The molecular weight excluding hydrogens is 352 g/mol. The Labute approximate surface area is 159 Å². The number of hydrogen-bond donors (Lipinski definition) is 2. The van der Waals surface area contributed by atoms with Crippen LogP contribution in [0.15, 0.2) is 24.3 Å². The summed E-state index contributed by atoms with van der Waals surface area (Å²) in [5, 5.41) is 15.8. The number of amides is 2. The van der Waals surface area contributed by atoms with Crippen LogP contribution >= 0.6 is 11.6 Å². The van der Waals surface area contributed by atoms with Gasteiger partial charge in [-0.05, 0) is 51.1 Å². The lowest BCUT2D eigenvalue weighted by Crippen LogP contribution is -2.55. The fourth-order valence-electron chi connectivity index (χ4n) is 3.06. The second-order valence-corrected chi connectivity index (χ2v) is 7.33. The van der Waals surface area contributed by atoms with Gasteiger partial charge in [-0.15, -0.1) is 0 Å². The lowest BCUT2D eigenvalue weighted by Gasteiger charge is -2.34. The molecule has 6 nitrogen and oxygen atoms in total. The molecule has 1 aromatic carbocycles. The zero-order valence-electron chi connectivity index (χ0n) is 15.2. The van der Waals surface area contributed by atoms with Gasteiger partial charge in [0.15, 0.2) is 0 Å². The van der Waals surface area contributed by atoms with Crippen molar-refractivity contribution in [1.29, 1.82) is 5.26 Å². The van der Waals surface area contributed by atoms with Crippen molar-refractivity contribution in [3.8, 4) is 6.07 Å². The molecular formula is C19H25ClN4O2. The Balaban J connectivity index is 1.88. The second kappa shape index (κ2) is 9.02. The van der Waals surface area contributed by atoms with Crippen LogP contribution < -0.4 is 10.6 Å². The van der Waals surface area contributed by atoms with Gasteiger partial charge in [-0.1, -0.05) is 30.9 Å². The minimum atomic E-state index is -0.768. The van der Waals surface area contributed by atoms with Crippen LogP contribution in [0.2, 0.25) is 5.02 Å². The van der Waals surface area contributed by atoms with Crippen LogP contribution in [-0.2, 0) is 9.59 Å². The first-order chi connectivity index (χ1) is 12.3. The van der Waals surface area contributed by atoms with Gasteiger partial charge in [0.1, 0.15) is 5.54 Å². The van der Waals surface area contributed by atoms with Crippen LogP contribution in [0.1, 0.15) is 39.0 Å². The summed E-state index contributed by atoms with van der Waals surface area (Å²) >= 11 is 5.82. The van der Waals surface area contributed by atoms with Gasteiger partial charge in [-0.2, -0.15) is 5.26 Å². The fraction of sp³-hybridized carbons (Fsp3) is 0.526. The molecule has 0 aromatic heterocycles. The maximum Gasteiger partial charge on any atom is 0.238 e. The van der Waals surface area contributed by atoms with Gasteiger partial charge in [0, 0.05) is 10.7 Å². The predicted molar refractivity (Wildman–Crippen MR) is 102 cm³/mol. The van der Waals surface area contributed by atoms with Crippen LogP contribution in [0.25, 0.3) is 0 Å². The van der Waals surface area contributed by atoms with E-state index in [2.05, 4.69) is 16.7 Å². The molecule has 0 unspecified atom stereocenters. The summed E-state index contributed by atoms with van der Waals surface area (Å²) in [6, 6.07) is 8.59. The van der Waals surface area contributed by atoms with Gasteiger partial charge in [-0.3, -0.25) is 14.5 Å². The fourth-order valence-corrected chi connectivity index (χ4v) is 3.18. The third kappa shape index (κ3) is 5.45. The number of benzene rings is 1. The van der Waals surface area contributed by atoms with Crippen LogP contribution in [0, 0.1) is 11.3 Å². The SMILES string of the molecule is C[C@@H](C(=O)NC1(C#N)CCCCC1)N(C)CC(=O)Nc1ccc(Cl)cc1.